The monoisotopic (exact) mass is 398 g/mol. The molecule has 1 saturated heterocycles. The van der Waals surface area contributed by atoms with Gasteiger partial charge in [0.2, 0.25) is 5.95 Å². The Morgan fingerprint density at radius 2 is 2.07 bits per heavy atom. The smallest absolute Gasteiger partial charge is 0.204 e. The summed E-state index contributed by atoms with van der Waals surface area (Å²) in [4.78, 5) is 9.18. The lowest BCUT2D eigenvalue weighted by Gasteiger charge is -2.18. The number of anilines is 1. The van der Waals surface area contributed by atoms with Gasteiger partial charge in [-0.2, -0.15) is 0 Å². The van der Waals surface area contributed by atoms with Crippen LogP contribution < -0.4 is 5.32 Å². The van der Waals surface area contributed by atoms with Crippen LogP contribution in [0, 0.1) is 6.92 Å². The molecule has 0 spiro atoms. The highest BCUT2D eigenvalue weighted by molar-refractivity contribution is 5.79. The van der Waals surface area contributed by atoms with Crippen molar-refractivity contribution >= 4 is 17.0 Å². The molecular formula is C21H26N4O4. The highest BCUT2D eigenvalue weighted by atomic mass is 16.7. The minimum absolute atomic E-state index is 0.0475. The summed E-state index contributed by atoms with van der Waals surface area (Å²) >= 11 is 0. The van der Waals surface area contributed by atoms with Gasteiger partial charge in [0.1, 0.15) is 17.5 Å². The Labute approximate surface area is 169 Å². The van der Waals surface area contributed by atoms with Crippen LogP contribution in [0.2, 0.25) is 0 Å². The molecule has 1 aliphatic rings. The van der Waals surface area contributed by atoms with E-state index >= 15 is 0 Å². The molecule has 1 aromatic carbocycles. The standard InChI is InChI=1S/C21H26N4O4/c1-13-4-7-19(27)17(23-13)10-25-18-6-5-14(11-26)8-16(18)24-20(25)22-9-15-12-28-21(2,3)29-15/h4-8,15,26-27H,9-12H2,1-3H3,(H,22,24). The maximum absolute atomic E-state index is 10.3. The molecule has 1 atom stereocenters. The van der Waals surface area contributed by atoms with E-state index in [1.165, 1.54) is 0 Å². The predicted octanol–water partition coefficient (Wildman–Crippen LogP) is 2.55. The zero-order chi connectivity index (χ0) is 20.6. The molecule has 8 heteroatoms. The van der Waals surface area contributed by atoms with Crippen molar-refractivity contribution in [2.45, 2.75) is 45.8 Å². The average Bonchev–Trinajstić information content (AvgIpc) is 3.21. The van der Waals surface area contributed by atoms with Gasteiger partial charge in [-0.15, -0.1) is 0 Å². The highest BCUT2D eigenvalue weighted by Gasteiger charge is 2.32. The molecule has 1 unspecified atom stereocenters. The number of ether oxygens (including phenoxy) is 2. The molecule has 3 aromatic rings. The van der Waals surface area contributed by atoms with Crippen molar-refractivity contribution in [1.29, 1.82) is 0 Å². The van der Waals surface area contributed by atoms with Crippen molar-refractivity contribution < 1.29 is 19.7 Å². The summed E-state index contributed by atoms with van der Waals surface area (Å²) in [6.45, 7) is 7.03. The zero-order valence-electron chi connectivity index (χ0n) is 16.8. The number of rotatable bonds is 6. The Bertz CT molecular complexity index is 1030. The fraction of sp³-hybridized carbons (Fsp3) is 0.429. The van der Waals surface area contributed by atoms with Crippen molar-refractivity contribution in [3.8, 4) is 5.75 Å². The molecule has 0 amide bonds. The molecule has 1 fully saturated rings. The second-order valence-corrected chi connectivity index (χ2v) is 7.75. The molecule has 3 N–H and O–H groups in total. The lowest BCUT2D eigenvalue weighted by molar-refractivity contribution is -0.136. The van der Waals surface area contributed by atoms with E-state index in [4.69, 9.17) is 14.5 Å². The quantitative estimate of drug-likeness (QED) is 0.586. The largest absolute Gasteiger partial charge is 0.506 e. The maximum Gasteiger partial charge on any atom is 0.204 e. The second-order valence-electron chi connectivity index (χ2n) is 7.75. The number of pyridine rings is 1. The number of aliphatic hydroxyl groups is 1. The van der Waals surface area contributed by atoms with Crippen LogP contribution in [0.5, 0.6) is 5.75 Å². The van der Waals surface area contributed by atoms with Crippen molar-refractivity contribution in [2.75, 3.05) is 18.5 Å². The van der Waals surface area contributed by atoms with Crippen molar-refractivity contribution in [3.63, 3.8) is 0 Å². The number of nitrogens with one attached hydrogen (secondary N) is 1. The van der Waals surface area contributed by atoms with Gasteiger partial charge in [0.25, 0.3) is 0 Å². The van der Waals surface area contributed by atoms with Gasteiger partial charge in [-0.3, -0.25) is 4.98 Å². The number of hydrogen-bond acceptors (Lipinski definition) is 7. The summed E-state index contributed by atoms with van der Waals surface area (Å²) in [7, 11) is 0. The Kier molecular flexibility index (Phi) is 5.16. The maximum atomic E-state index is 10.3. The van der Waals surface area contributed by atoms with Crippen LogP contribution in [-0.4, -0.2) is 49.8 Å². The van der Waals surface area contributed by atoms with Crippen molar-refractivity contribution in [1.82, 2.24) is 14.5 Å². The molecule has 154 valence electrons. The molecule has 3 heterocycles. The summed E-state index contributed by atoms with van der Waals surface area (Å²) in [5.41, 5.74) is 3.84. The minimum Gasteiger partial charge on any atom is -0.506 e. The summed E-state index contributed by atoms with van der Waals surface area (Å²) in [5, 5.41) is 23.0. The topological polar surface area (TPSA) is 102 Å². The van der Waals surface area contributed by atoms with Crippen LogP contribution in [0.15, 0.2) is 30.3 Å². The number of aromatic nitrogens is 3. The van der Waals surface area contributed by atoms with Gasteiger partial charge in [0.05, 0.1) is 30.8 Å². The van der Waals surface area contributed by atoms with Gasteiger partial charge < -0.3 is 29.6 Å². The molecule has 4 rings (SSSR count). The van der Waals surface area contributed by atoms with E-state index in [0.717, 1.165) is 22.3 Å². The van der Waals surface area contributed by atoms with Gasteiger partial charge in [-0.05, 0) is 50.6 Å². The normalized spacial score (nSPS) is 18.4. The summed E-state index contributed by atoms with van der Waals surface area (Å²) in [6, 6.07) is 9.07. The third-order valence-corrected chi connectivity index (χ3v) is 4.95. The van der Waals surface area contributed by atoms with Crippen LogP contribution in [-0.2, 0) is 22.6 Å². The van der Waals surface area contributed by atoms with E-state index < -0.39 is 5.79 Å². The number of aromatic hydroxyl groups is 1. The Balaban J connectivity index is 1.66. The Morgan fingerprint density at radius 1 is 1.24 bits per heavy atom. The van der Waals surface area contributed by atoms with Crippen molar-refractivity contribution in [3.05, 3.63) is 47.3 Å². The molecule has 0 saturated carbocycles. The van der Waals surface area contributed by atoms with Crippen molar-refractivity contribution in [2.24, 2.45) is 0 Å². The Morgan fingerprint density at radius 3 is 2.79 bits per heavy atom. The SMILES string of the molecule is Cc1ccc(O)c(Cn2c(NCC3COC(C)(C)O3)nc3cc(CO)ccc32)n1. The molecule has 2 aromatic heterocycles. The fourth-order valence-electron chi connectivity index (χ4n) is 3.51. The molecule has 0 radical (unpaired) electrons. The average molecular weight is 398 g/mol. The van der Waals surface area contributed by atoms with Crippen LogP contribution in [0.3, 0.4) is 0 Å². The molecule has 1 aliphatic heterocycles. The van der Waals surface area contributed by atoms with Gasteiger partial charge in [0.15, 0.2) is 5.79 Å². The zero-order valence-corrected chi connectivity index (χ0v) is 16.8. The minimum atomic E-state index is -0.584. The van der Waals surface area contributed by atoms with E-state index in [0.29, 0.717) is 31.3 Å². The molecular weight excluding hydrogens is 372 g/mol. The number of aliphatic hydroxyl groups excluding tert-OH is 1. The number of nitrogens with zero attached hydrogens (tertiary/aromatic N) is 3. The van der Waals surface area contributed by atoms with Gasteiger partial charge >= 0.3 is 0 Å². The van der Waals surface area contributed by atoms with Gasteiger partial charge in [-0.25, -0.2) is 4.98 Å². The number of fused-ring (bicyclic) bond motifs is 1. The van der Waals surface area contributed by atoms with Gasteiger partial charge in [0, 0.05) is 12.2 Å². The lowest BCUT2D eigenvalue weighted by Crippen LogP contribution is -2.26. The molecule has 29 heavy (non-hydrogen) atoms. The first-order valence-corrected chi connectivity index (χ1v) is 9.66. The predicted molar refractivity (Wildman–Crippen MR) is 109 cm³/mol. The summed E-state index contributed by atoms with van der Waals surface area (Å²) < 4.78 is 13.5. The first kappa shape index (κ1) is 19.6. The van der Waals surface area contributed by atoms with Crippen LogP contribution in [0.4, 0.5) is 5.95 Å². The first-order chi connectivity index (χ1) is 13.8. The number of benzene rings is 1. The van der Waals surface area contributed by atoms with Gasteiger partial charge in [-0.1, -0.05) is 6.07 Å². The lowest BCUT2D eigenvalue weighted by atomic mass is 10.2. The van der Waals surface area contributed by atoms with E-state index in [1.54, 1.807) is 12.1 Å². The Hall–Kier alpha value is -2.68. The molecule has 0 bridgehead atoms. The number of aryl methyl sites for hydroxylation is 1. The van der Waals surface area contributed by atoms with E-state index in [-0.39, 0.29) is 18.5 Å². The molecule has 0 aliphatic carbocycles. The van der Waals surface area contributed by atoms with Crippen LogP contribution in [0.1, 0.15) is 30.8 Å². The van der Waals surface area contributed by atoms with E-state index in [9.17, 15) is 10.2 Å². The van der Waals surface area contributed by atoms with Crippen LogP contribution in [0.25, 0.3) is 11.0 Å². The summed E-state index contributed by atoms with van der Waals surface area (Å²) in [6.07, 6.45) is -0.0863. The number of imidazole rings is 1. The van der Waals surface area contributed by atoms with E-state index in [1.807, 2.05) is 43.5 Å². The third kappa shape index (κ3) is 4.19. The third-order valence-electron chi connectivity index (χ3n) is 4.95. The molecule has 8 nitrogen and oxygen atoms in total. The number of hydrogen-bond donors (Lipinski definition) is 3. The highest BCUT2D eigenvalue weighted by Crippen LogP contribution is 2.26. The fourth-order valence-corrected chi connectivity index (χ4v) is 3.51. The summed E-state index contributed by atoms with van der Waals surface area (Å²) in [5.74, 6) is 0.204. The first-order valence-electron chi connectivity index (χ1n) is 9.66. The van der Waals surface area contributed by atoms with E-state index in [2.05, 4.69) is 10.3 Å². The van der Waals surface area contributed by atoms with Crippen LogP contribution >= 0.6 is 0 Å². The second kappa shape index (κ2) is 7.62.